The highest BCUT2D eigenvalue weighted by atomic mass is 35.5. The Morgan fingerprint density at radius 1 is 1.03 bits per heavy atom. The van der Waals surface area contributed by atoms with Gasteiger partial charge in [-0.3, -0.25) is 9.69 Å². The fraction of sp³-hybridized carbons (Fsp3) is 0.280. The van der Waals surface area contributed by atoms with Crippen molar-refractivity contribution in [1.82, 2.24) is 9.88 Å². The second kappa shape index (κ2) is 10.0. The monoisotopic (exact) mass is 499 g/mol. The zero-order chi connectivity index (χ0) is 22.9. The number of nitrogens with zero attached hydrogens (tertiary/aromatic N) is 3. The van der Waals surface area contributed by atoms with Gasteiger partial charge in [-0.25, -0.2) is 4.98 Å². The topological polar surface area (TPSA) is 64.1 Å². The predicted octanol–water partition coefficient (Wildman–Crippen LogP) is 4.86. The maximum Gasteiger partial charge on any atom is 0.263 e. The molecule has 0 bridgehead atoms. The molecular formula is C25H26ClN3O4S. The number of carbonyl (C=O) groups is 1. The number of fused-ring (bicyclic) bond motifs is 3. The first-order valence-electron chi connectivity index (χ1n) is 10.8. The average molecular weight is 500 g/mol. The third-order valence-electron chi connectivity index (χ3n) is 5.59. The molecule has 0 N–H and O–H groups in total. The zero-order valence-electron chi connectivity index (χ0n) is 19.2. The lowest BCUT2D eigenvalue weighted by Crippen LogP contribution is -2.37. The largest absolute Gasteiger partial charge is 0.496 e. The van der Waals surface area contributed by atoms with Gasteiger partial charge in [0.05, 0.1) is 22.9 Å². The number of benzene rings is 3. The lowest BCUT2D eigenvalue weighted by molar-refractivity contribution is 0.0982. The van der Waals surface area contributed by atoms with E-state index in [0.717, 1.165) is 21.0 Å². The van der Waals surface area contributed by atoms with E-state index in [1.807, 2.05) is 67.5 Å². The van der Waals surface area contributed by atoms with Crippen LogP contribution in [-0.2, 0) is 0 Å². The summed E-state index contributed by atoms with van der Waals surface area (Å²) < 4.78 is 18.0. The summed E-state index contributed by atoms with van der Waals surface area (Å²) in [7, 11) is 5.56. The number of rotatable bonds is 6. The molecular weight excluding hydrogens is 474 g/mol. The SMILES string of the molecule is COc1cc2ccccc2cc1C(=O)N(CCN(C)C)c1nc2cc3c(cc2s1)OCCO3.Cl. The molecule has 0 saturated heterocycles. The van der Waals surface area contributed by atoms with Gasteiger partial charge in [0.25, 0.3) is 5.91 Å². The van der Waals surface area contributed by atoms with Crippen LogP contribution < -0.4 is 19.1 Å². The van der Waals surface area contributed by atoms with Crippen molar-refractivity contribution < 1.29 is 19.0 Å². The molecule has 0 unspecified atom stereocenters. The molecule has 1 amide bonds. The first-order valence-corrected chi connectivity index (χ1v) is 11.6. The van der Waals surface area contributed by atoms with Crippen LogP contribution in [0.5, 0.6) is 17.2 Å². The van der Waals surface area contributed by atoms with E-state index in [0.29, 0.717) is 54.2 Å². The number of methoxy groups -OCH3 is 1. The Morgan fingerprint density at radius 2 is 1.71 bits per heavy atom. The summed E-state index contributed by atoms with van der Waals surface area (Å²) in [6, 6.07) is 15.6. The van der Waals surface area contributed by atoms with Gasteiger partial charge in [-0.2, -0.15) is 0 Å². The van der Waals surface area contributed by atoms with E-state index in [-0.39, 0.29) is 18.3 Å². The molecule has 1 aliphatic heterocycles. The second-order valence-electron chi connectivity index (χ2n) is 8.12. The molecule has 4 aromatic rings. The smallest absolute Gasteiger partial charge is 0.263 e. The van der Waals surface area contributed by atoms with Crippen molar-refractivity contribution in [2.24, 2.45) is 0 Å². The molecule has 5 rings (SSSR count). The molecule has 178 valence electrons. The van der Waals surface area contributed by atoms with E-state index in [9.17, 15) is 4.79 Å². The maximum atomic E-state index is 13.9. The van der Waals surface area contributed by atoms with Gasteiger partial charge >= 0.3 is 0 Å². The normalized spacial score (nSPS) is 12.6. The minimum absolute atomic E-state index is 0. The van der Waals surface area contributed by atoms with Crippen molar-refractivity contribution in [3.8, 4) is 17.2 Å². The van der Waals surface area contributed by atoms with Crippen LogP contribution in [-0.4, -0.2) is 63.3 Å². The molecule has 34 heavy (non-hydrogen) atoms. The summed E-state index contributed by atoms with van der Waals surface area (Å²) in [6.45, 7) is 2.23. The number of amides is 1. The highest BCUT2D eigenvalue weighted by molar-refractivity contribution is 7.22. The molecule has 2 heterocycles. The number of carbonyl (C=O) groups excluding carboxylic acids is 1. The molecule has 9 heteroatoms. The van der Waals surface area contributed by atoms with Crippen LogP contribution in [0.15, 0.2) is 48.5 Å². The molecule has 1 aliphatic rings. The minimum atomic E-state index is -0.143. The van der Waals surface area contributed by atoms with Crippen LogP contribution in [0.25, 0.3) is 21.0 Å². The summed E-state index contributed by atoms with van der Waals surface area (Å²) in [4.78, 5) is 22.4. The Morgan fingerprint density at radius 3 is 2.38 bits per heavy atom. The zero-order valence-corrected chi connectivity index (χ0v) is 20.9. The summed E-state index contributed by atoms with van der Waals surface area (Å²) in [5, 5.41) is 2.64. The standard InChI is InChI=1S/C25H25N3O4S.ClH/c1-27(2)8-9-28(24(29)18-12-16-6-4-5-7-17(16)13-20(18)30-3)25-26-19-14-21-22(15-23(19)33-25)32-11-10-31-21;/h4-7,12-15H,8-11H2,1-3H3;1H. The van der Waals surface area contributed by atoms with Crippen molar-refractivity contribution in [3.63, 3.8) is 0 Å². The molecule has 0 aliphatic carbocycles. The van der Waals surface area contributed by atoms with Crippen molar-refractivity contribution >= 4 is 55.8 Å². The van der Waals surface area contributed by atoms with E-state index < -0.39 is 0 Å². The number of hydrogen-bond acceptors (Lipinski definition) is 7. The number of thiazole rings is 1. The average Bonchev–Trinajstić information content (AvgIpc) is 3.23. The maximum absolute atomic E-state index is 13.9. The van der Waals surface area contributed by atoms with Gasteiger partial charge in [0.15, 0.2) is 16.6 Å². The van der Waals surface area contributed by atoms with E-state index in [1.54, 1.807) is 12.0 Å². The van der Waals surface area contributed by atoms with Crippen LogP contribution in [0, 0.1) is 0 Å². The van der Waals surface area contributed by atoms with Gasteiger partial charge in [-0.1, -0.05) is 35.6 Å². The number of ether oxygens (including phenoxy) is 3. The molecule has 1 aromatic heterocycles. The van der Waals surface area contributed by atoms with Crippen LogP contribution >= 0.6 is 23.7 Å². The fourth-order valence-corrected chi connectivity index (χ4v) is 4.85. The van der Waals surface area contributed by atoms with E-state index in [1.165, 1.54) is 11.3 Å². The Balaban J connectivity index is 0.00000274. The highest BCUT2D eigenvalue weighted by Crippen LogP contribution is 2.39. The summed E-state index contributed by atoms with van der Waals surface area (Å²) >= 11 is 1.47. The Bertz CT molecular complexity index is 1300. The van der Waals surface area contributed by atoms with Crippen molar-refractivity contribution in [1.29, 1.82) is 0 Å². The third kappa shape index (κ3) is 4.61. The van der Waals surface area contributed by atoms with Crippen LogP contribution in [0.3, 0.4) is 0 Å². The number of aromatic nitrogens is 1. The van der Waals surface area contributed by atoms with E-state index in [2.05, 4.69) is 0 Å². The summed E-state index contributed by atoms with van der Waals surface area (Å²) in [5.41, 5.74) is 1.30. The minimum Gasteiger partial charge on any atom is -0.496 e. The van der Waals surface area contributed by atoms with Crippen molar-refractivity contribution in [2.45, 2.75) is 0 Å². The van der Waals surface area contributed by atoms with Gasteiger partial charge in [-0.05, 0) is 37.0 Å². The summed E-state index contributed by atoms with van der Waals surface area (Å²) in [6.07, 6.45) is 0. The summed E-state index contributed by atoms with van der Waals surface area (Å²) in [5.74, 6) is 1.81. The van der Waals surface area contributed by atoms with Crippen LogP contribution in [0.2, 0.25) is 0 Å². The second-order valence-corrected chi connectivity index (χ2v) is 9.13. The Labute approximate surface area is 208 Å². The fourth-order valence-electron chi connectivity index (χ4n) is 3.85. The molecule has 0 atom stereocenters. The number of likely N-dealkylation sites (N-methyl/N-ethyl adjacent to an activating group) is 1. The van der Waals surface area contributed by atoms with Gasteiger partial charge in [0, 0.05) is 25.2 Å². The molecule has 3 aromatic carbocycles. The van der Waals surface area contributed by atoms with Gasteiger partial charge in [0.2, 0.25) is 0 Å². The lowest BCUT2D eigenvalue weighted by atomic mass is 10.0. The first kappa shape index (κ1) is 24.1. The number of halogens is 1. The van der Waals surface area contributed by atoms with Gasteiger partial charge < -0.3 is 19.1 Å². The van der Waals surface area contributed by atoms with Crippen molar-refractivity contribution in [3.05, 3.63) is 54.1 Å². The molecule has 0 radical (unpaired) electrons. The van der Waals surface area contributed by atoms with E-state index >= 15 is 0 Å². The van der Waals surface area contributed by atoms with Crippen molar-refractivity contribution in [2.75, 3.05) is 52.4 Å². The third-order valence-corrected chi connectivity index (χ3v) is 6.63. The molecule has 7 nitrogen and oxygen atoms in total. The molecule has 0 fully saturated rings. The first-order chi connectivity index (χ1) is 16.0. The van der Waals surface area contributed by atoms with Crippen LogP contribution in [0.4, 0.5) is 5.13 Å². The van der Waals surface area contributed by atoms with Gasteiger partial charge in [-0.15, -0.1) is 12.4 Å². The Kier molecular flexibility index (Phi) is 7.11. The number of hydrogen-bond donors (Lipinski definition) is 0. The Hall–Kier alpha value is -3.07. The lowest BCUT2D eigenvalue weighted by Gasteiger charge is -2.23. The molecule has 0 spiro atoms. The number of anilines is 1. The molecule has 0 saturated carbocycles. The highest BCUT2D eigenvalue weighted by Gasteiger charge is 2.25. The van der Waals surface area contributed by atoms with Gasteiger partial charge in [0.1, 0.15) is 19.0 Å². The van der Waals surface area contributed by atoms with Crippen LogP contribution in [0.1, 0.15) is 10.4 Å². The predicted molar refractivity (Wildman–Crippen MR) is 139 cm³/mol. The van der Waals surface area contributed by atoms with E-state index in [4.69, 9.17) is 19.2 Å². The quantitative estimate of drug-likeness (QED) is 0.377.